The Labute approximate surface area is 233 Å². The molecule has 1 aliphatic heterocycles. The lowest BCUT2D eigenvalue weighted by atomic mass is 9.64. The maximum absolute atomic E-state index is 2.53. The second kappa shape index (κ2) is 7.94. The van der Waals surface area contributed by atoms with Crippen molar-refractivity contribution in [3.05, 3.63) is 174 Å². The molecule has 0 bridgehead atoms. The van der Waals surface area contributed by atoms with Gasteiger partial charge in [0.05, 0.1) is 22.5 Å². The molecule has 9 rings (SSSR count). The molecule has 0 saturated carbocycles. The summed E-state index contributed by atoms with van der Waals surface area (Å²) in [5.74, 6) is 0. The summed E-state index contributed by atoms with van der Waals surface area (Å²) in [5, 5.41) is 5.02. The van der Waals surface area contributed by atoms with Crippen LogP contribution in [0.3, 0.4) is 0 Å². The highest BCUT2D eigenvalue weighted by molar-refractivity contribution is 6.15. The zero-order valence-electron chi connectivity index (χ0n) is 21.9. The number of hydrogen-bond acceptors (Lipinski definition) is 1. The highest BCUT2D eigenvalue weighted by atomic mass is 15.2. The molecule has 0 N–H and O–H groups in total. The fourth-order valence-electron chi connectivity index (χ4n) is 7.53. The predicted octanol–water partition coefficient (Wildman–Crippen LogP) is 10.1. The summed E-state index contributed by atoms with van der Waals surface area (Å²) in [6, 6.07) is 56.0. The van der Waals surface area contributed by atoms with E-state index in [2.05, 4.69) is 157 Å². The van der Waals surface area contributed by atoms with E-state index >= 15 is 0 Å². The van der Waals surface area contributed by atoms with Gasteiger partial charge in [0.2, 0.25) is 0 Å². The quantitative estimate of drug-likeness (QED) is 0.200. The van der Waals surface area contributed by atoms with Crippen molar-refractivity contribution in [3.63, 3.8) is 0 Å². The van der Waals surface area contributed by atoms with Crippen LogP contribution >= 0.6 is 0 Å². The van der Waals surface area contributed by atoms with Gasteiger partial charge >= 0.3 is 0 Å². The van der Waals surface area contributed by atoms with Gasteiger partial charge in [-0.05, 0) is 62.4 Å². The molecule has 1 heterocycles. The van der Waals surface area contributed by atoms with Gasteiger partial charge in [0.25, 0.3) is 0 Å². The summed E-state index contributed by atoms with van der Waals surface area (Å²) in [6.07, 6.45) is 0. The van der Waals surface area contributed by atoms with Crippen molar-refractivity contribution in [3.8, 4) is 11.1 Å². The van der Waals surface area contributed by atoms with E-state index in [4.69, 9.17) is 0 Å². The molecule has 186 valence electrons. The summed E-state index contributed by atoms with van der Waals surface area (Å²) < 4.78 is 0. The van der Waals surface area contributed by atoms with E-state index < -0.39 is 5.41 Å². The number of hydrogen-bond donors (Lipinski definition) is 0. The second-order valence-electron chi connectivity index (χ2n) is 10.9. The molecule has 1 nitrogen and oxygen atoms in total. The number of nitrogens with zero attached hydrogens (tertiary/aromatic N) is 1. The molecule has 7 aromatic carbocycles. The average Bonchev–Trinajstić information content (AvgIpc) is 3.32. The maximum Gasteiger partial charge on any atom is 0.0754 e. The lowest BCUT2D eigenvalue weighted by molar-refractivity contribution is 0.753. The molecule has 40 heavy (non-hydrogen) atoms. The Morgan fingerprint density at radius 2 is 0.775 bits per heavy atom. The van der Waals surface area contributed by atoms with E-state index in [1.807, 2.05) is 0 Å². The third-order valence-corrected chi connectivity index (χ3v) is 9.02. The zero-order valence-corrected chi connectivity index (χ0v) is 21.9. The average molecular weight is 508 g/mol. The first-order valence-electron chi connectivity index (χ1n) is 14.0. The molecule has 0 unspecified atom stereocenters. The third-order valence-electron chi connectivity index (χ3n) is 9.02. The standard InChI is InChI=1S/C39H25N/c1-3-15-28-26(13-1)25-27-14-2-4-16-29(27)38(28)40-36-23-11-9-21-34(36)39(35-22-10-12-24-37(35)40)32-19-7-5-17-30(32)31-18-6-8-20-33(31)39/h1-25H. The first kappa shape index (κ1) is 21.8. The molecule has 0 aromatic heterocycles. The van der Waals surface area contributed by atoms with Crippen LogP contribution in [-0.4, -0.2) is 0 Å². The van der Waals surface area contributed by atoms with Gasteiger partial charge in [-0.1, -0.05) is 133 Å². The van der Waals surface area contributed by atoms with Crippen molar-refractivity contribution in [1.82, 2.24) is 0 Å². The van der Waals surface area contributed by atoms with Crippen LogP contribution in [0.5, 0.6) is 0 Å². The zero-order chi connectivity index (χ0) is 26.3. The van der Waals surface area contributed by atoms with E-state index in [0.29, 0.717) is 0 Å². The van der Waals surface area contributed by atoms with Crippen molar-refractivity contribution in [2.24, 2.45) is 0 Å². The number of benzene rings is 7. The minimum atomic E-state index is -0.392. The molecule has 1 heteroatoms. The van der Waals surface area contributed by atoms with Crippen LogP contribution in [-0.2, 0) is 5.41 Å². The Hall–Kier alpha value is -5.14. The van der Waals surface area contributed by atoms with Gasteiger partial charge in [-0.25, -0.2) is 0 Å². The lowest BCUT2D eigenvalue weighted by Crippen LogP contribution is -2.36. The molecule has 1 aliphatic carbocycles. The number of fused-ring (bicyclic) bond motifs is 11. The summed E-state index contributed by atoms with van der Waals surface area (Å²) in [4.78, 5) is 2.53. The minimum Gasteiger partial charge on any atom is -0.309 e. The molecular formula is C39H25N. The van der Waals surface area contributed by atoms with Crippen molar-refractivity contribution in [2.75, 3.05) is 4.90 Å². The van der Waals surface area contributed by atoms with Gasteiger partial charge in [0.15, 0.2) is 0 Å². The van der Waals surface area contributed by atoms with Crippen LogP contribution in [0.25, 0.3) is 32.7 Å². The second-order valence-corrected chi connectivity index (χ2v) is 10.9. The van der Waals surface area contributed by atoms with Crippen LogP contribution < -0.4 is 4.90 Å². The normalized spacial score (nSPS) is 14.2. The molecule has 0 radical (unpaired) electrons. The van der Waals surface area contributed by atoms with Crippen LogP contribution in [0, 0.1) is 0 Å². The van der Waals surface area contributed by atoms with Gasteiger partial charge in [-0.2, -0.15) is 0 Å². The highest BCUT2D eigenvalue weighted by Gasteiger charge is 2.51. The number of anilines is 3. The molecule has 2 aliphatic rings. The lowest BCUT2D eigenvalue weighted by Gasteiger charge is -2.45. The number of rotatable bonds is 1. The Morgan fingerprint density at radius 1 is 0.375 bits per heavy atom. The Balaban J connectivity index is 1.48. The fourth-order valence-corrected chi connectivity index (χ4v) is 7.53. The van der Waals surface area contributed by atoms with Gasteiger partial charge < -0.3 is 4.90 Å². The van der Waals surface area contributed by atoms with E-state index in [9.17, 15) is 0 Å². The SMILES string of the molecule is c1ccc2c(c1)-c1ccccc1C21c2ccccc2N(c2c3ccccc3cc3ccccc23)c2ccccc21. The van der Waals surface area contributed by atoms with Crippen molar-refractivity contribution >= 4 is 38.6 Å². The Morgan fingerprint density at radius 3 is 1.30 bits per heavy atom. The van der Waals surface area contributed by atoms with Crippen LogP contribution in [0.15, 0.2) is 152 Å². The van der Waals surface area contributed by atoms with Crippen LogP contribution in [0.1, 0.15) is 22.3 Å². The smallest absolute Gasteiger partial charge is 0.0754 e. The Bertz CT molecular complexity index is 1990. The predicted molar refractivity (Wildman–Crippen MR) is 167 cm³/mol. The molecule has 0 atom stereocenters. The fraction of sp³-hybridized carbons (Fsp3) is 0.0256. The van der Waals surface area contributed by atoms with Crippen molar-refractivity contribution in [1.29, 1.82) is 0 Å². The molecule has 7 aromatic rings. The van der Waals surface area contributed by atoms with Gasteiger partial charge in [-0.15, -0.1) is 0 Å². The first-order chi connectivity index (χ1) is 19.9. The van der Waals surface area contributed by atoms with E-state index in [1.54, 1.807) is 0 Å². The van der Waals surface area contributed by atoms with Gasteiger partial charge in [0, 0.05) is 10.8 Å². The summed E-state index contributed by atoms with van der Waals surface area (Å²) in [6.45, 7) is 0. The van der Waals surface area contributed by atoms with Gasteiger partial charge in [0.1, 0.15) is 0 Å². The van der Waals surface area contributed by atoms with Gasteiger partial charge in [-0.3, -0.25) is 0 Å². The first-order valence-corrected chi connectivity index (χ1v) is 14.0. The molecule has 0 fully saturated rings. The van der Waals surface area contributed by atoms with Crippen LogP contribution in [0.4, 0.5) is 17.1 Å². The number of para-hydroxylation sites is 2. The maximum atomic E-state index is 2.53. The molecular weight excluding hydrogens is 482 g/mol. The topological polar surface area (TPSA) is 3.24 Å². The highest BCUT2D eigenvalue weighted by Crippen LogP contribution is 2.63. The van der Waals surface area contributed by atoms with E-state index in [-0.39, 0.29) is 0 Å². The largest absolute Gasteiger partial charge is 0.309 e. The summed E-state index contributed by atoms with van der Waals surface area (Å²) in [5.41, 5.74) is 11.3. The summed E-state index contributed by atoms with van der Waals surface area (Å²) in [7, 11) is 0. The monoisotopic (exact) mass is 507 g/mol. The minimum absolute atomic E-state index is 0.392. The Kier molecular flexibility index (Phi) is 4.32. The van der Waals surface area contributed by atoms with Crippen molar-refractivity contribution in [2.45, 2.75) is 5.41 Å². The third kappa shape index (κ3) is 2.62. The van der Waals surface area contributed by atoms with Crippen LogP contribution in [0.2, 0.25) is 0 Å². The van der Waals surface area contributed by atoms with E-state index in [1.165, 1.54) is 72.0 Å². The summed E-state index contributed by atoms with van der Waals surface area (Å²) >= 11 is 0. The molecule has 1 spiro atoms. The molecule has 0 saturated heterocycles. The van der Waals surface area contributed by atoms with Crippen molar-refractivity contribution < 1.29 is 0 Å². The molecule has 0 amide bonds. The van der Waals surface area contributed by atoms with E-state index in [0.717, 1.165) is 0 Å².